The molecule has 0 saturated heterocycles. The van der Waals surface area contributed by atoms with Gasteiger partial charge in [0.05, 0.1) is 25.9 Å². The Labute approximate surface area is 389 Å². The largest absolute Gasteiger partial charge is 0.472 e. The molecule has 0 aliphatic heterocycles. The van der Waals surface area contributed by atoms with Crippen LogP contribution in [0, 0.1) is 5.92 Å². The molecule has 12 heteroatoms. The molecule has 4 atom stereocenters. The van der Waals surface area contributed by atoms with Gasteiger partial charge in [0.15, 0.2) is 6.10 Å². The Balaban J connectivity index is 4.38. The average molecular weight is 923 g/mol. The molecule has 0 aromatic heterocycles. The summed E-state index contributed by atoms with van der Waals surface area (Å²) in [4.78, 5) is 35.1. The normalized spacial score (nSPS) is 14.9. The van der Waals surface area contributed by atoms with Gasteiger partial charge in [-0.2, -0.15) is 0 Å². The third-order valence-electron chi connectivity index (χ3n) is 10.4. The van der Waals surface area contributed by atoms with E-state index >= 15 is 0 Å². The van der Waals surface area contributed by atoms with Crippen LogP contribution in [0.2, 0.25) is 0 Å². The van der Waals surface area contributed by atoms with Crippen LogP contribution in [-0.2, 0) is 32.7 Å². The van der Waals surface area contributed by atoms with Gasteiger partial charge in [0.2, 0.25) is 0 Å². The molecule has 0 aliphatic carbocycles. The summed E-state index contributed by atoms with van der Waals surface area (Å²) in [5, 5.41) is 28.6. The molecule has 2 unspecified atom stereocenters. The number of phosphoric ester groups is 1. The van der Waals surface area contributed by atoms with Gasteiger partial charge < -0.3 is 29.7 Å². The Morgan fingerprint density at radius 3 is 1.61 bits per heavy atom. The van der Waals surface area contributed by atoms with Crippen molar-refractivity contribution in [1.29, 1.82) is 0 Å². The predicted molar refractivity (Wildman–Crippen MR) is 262 cm³/mol. The van der Waals surface area contributed by atoms with Crippen molar-refractivity contribution in [2.45, 2.75) is 212 Å². The van der Waals surface area contributed by atoms with Crippen molar-refractivity contribution in [3.63, 3.8) is 0 Å². The zero-order valence-corrected chi connectivity index (χ0v) is 41.1. The minimum Gasteiger partial charge on any atom is -0.462 e. The lowest BCUT2D eigenvalue weighted by atomic mass is 10.0. The number of carbonyl (C=O) groups excluding carboxylic acids is 2. The van der Waals surface area contributed by atoms with Crippen LogP contribution in [0.25, 0.3) is 0 Å². The first-order valence-corrected chi connectivity index (χ1v) is 26.4. The van der Waals surface area contributed by atoms with Gasteiger partial charge in [0.1, 0.15) is 12.7 Å². The topological polar surface area (TPSA) is 169 Å². The number of allylic oxidation sites excluding steroid dienone is 10. The molecule has 0 radical (unpaired) electrons. The van der Waals surface area contributed by atoms with E-state index in [9.17, 15) is 29.3 Å². The van der Waals surface area contributed by atoms with Crippen molar-refractivity contribution in [2.24, 2.45) is 5.92 Å². The van der Waals surface area contributed by atoms with Crippen LogP contribution in [0.1, 0.15) is 194 Å². The van der Waals surface area contributed by atoms with Gasteiger partial charge in [0.25, 0.3) is 0 Å². The maximum Gasteiger partial charge on any atom is 0.472 e. The summed E-state index contributed by atoms with van der Waals surface area (Å²) in [5.74, 6) is -0.268. The van der Waals surface area contributed by atoms with Crippen LogP contribution < -0.4 is 0 Å². The van der Waals surface area contributed by atoms with E-state index in [1.807, 2.05) is 12.2 Å². The van der Waals surface area contributed by atoms with Crippen LogP contribution in [0.15, 0.2) is 72.9 Å². The number of hydrogen-bond acceptors (Lipinski definition) is 10. The lowest BCUT2D eigenvalue weighted by Gasteiger charge is -2.20. The number of carbonyl (C=O) groups is 2. The number of rotatable bonds is 45. The molecule has 0 aromatic carbocycles. The second kappa shape index (κ2) is 45.5. The Hall–Kier alpha value is -2.63. The number of phosphoric acid groups is 1. The molecule has 0 spiro atoms. The summed E-state index contributed by atoms with van der Waals surface area (Å²) in [6.45, 7) is 4.43. The third kappa shape index (κ3) is 45.9. The van der Waals surface area contributed by atoms with E-state index in [4.69, 9.17) is 19.1 Å². The Kier molecular flexibility index (Phi) is 43.7. The Bertz CT molecular complexity index is 1320. The van der Waals surface area contributed by atoms with Crippen molar-refractivity contribution in [3.05, 3.63) is 72.9 Å². The summed E-state index contributed by atoms with van der Waals surface area (Å²) >= 11 is 0. The summed E-state index contributed by atoms with van der Waals surface area (Å²) in [5.41, 5.74) is 0. The maximum absolute atomic E-state index is 12.6. The monoisotopic (exact) mass is 923 g/mol. The summed E-state index contributed by atoms with van der Waals surface area (Å²) in [6.07, 6.45) is 49.1. The summed E-state index contributed by atoms with van der Waals surface area (Å²) in [7, 11) is -4.67. The van der Waals surface area contributed by atoms with Gasteiger partial charge >= 0.3 is 19.8 Å². The Morgan fingerprint density at radius 1 is 0.578 bits per heavy atom. The first kappa shape index (κ1) is 61.4. The average Bonchev–Trinajstić information content (AvgIpc) is 3.27. The van der Waals surface area contributed by atoms with Crippen LogP contribution in [0.4, 0.5) is 0 Å². The Morgan fingerprint density at radius 2 is 1.08 bits per heavy atom. The molecular formula is C52H91O11P. The van der Waals surface area contributed by atoms with E-state index in [0.717, 1.165) is 50.9 Å². The molecule has 0 fully saturated rings. The van der Waals surface area contributed by atoms with Gasteiger partial charge in [-0.05, 0) is 50.9 Å². The molecule has 11 nitrogen and oxygen atoms in total. The van der Waals surface area contributed by atoms with Crippen molar-refractivity contribution < 1.29 is 52.9 Å². The second-order valence-corrected chi connectivity index (χ2v) is 18.6. The van der Waals surface area contributed by atoms with E-state index in [1.165, 1.54) is 96.3 Å². The lowest BCUT2D eigenvalue weighted by Crippen LogP contribution is -2.29. The van der Waals surface area contributed by atoms with Crippen molar-refractivity contribution in [2.75, 3.05) is 26.4 Å². The molecule has 0 rings (SSSR count). The molecule has 0 bridgehead atoms. The molecular weight excluding hydrogens is 832 g/mol. The van der Waals surface area contributed by atoms with E-state index in [0.29, 0.717) is 19.3 Å². The molecule has 0 aromatic rings. The SMILES string of the molecule is CC/C=C\C/C=C\C/C=C\C/C=C\C=C/C(O)C/C=C\CCC(=O)O[C@H](COC(=O)CCCCCCCCCCCCCCCCCCCCC(C)C)COP(=O)(O)OC[C@@H](O)CO. The second-order valence-electron chi connectivity index (χ2n) is 17.1. The van der Waals surface area contributed by atoms with Gasteiger partial charge in [-0.15, -0.1) is 0 Å². The number of aliphatic hydroxyl groups excluding tert-OH is 3. The van der Waals surface area contributed by atoms with Gasteiger partial charge in [-0.1, -0.05) is 209 Å². The first-order chi connectivity index (χ1) is 31.0. The minimum atomic E-state index is -4.67. The quantitative estimate of drug-likeness (QED) is 0.0151. The number of ether oxygens (including phenoxy) is 2. The molecule has 64 heavy (non-hydrogen) atoms. The number of esters is 2. The van der Waals surface area contributed by atoms with Gasteiger partial charge in [0, 0.05) is 12.8 Å². The molecule has 4 N–H and O–H groups in total. The highest BCUT2D eigenvalue weighted by molar-refractivity contribution is 7.47. The highest BCUT2D eigenvalue weighted by Crippen LogP contribution is 2.43. The molecule has 0 heterocycles. The summed E-state index contributed by atoms with van der Waals surface area (Å²) < 4.78 is 32.7. The highest BCUT2D eigenvalue weighted by Gasteiger charge is 2.27. The zero-order valence-electron chi connectivity index (χ0n) is 40.3. The minimum absolute atomic E-state index is 0.0240. The van der Waals surface area contributed by atoms with E-state index in [1.54, 1.807) is 24.3 Å². The third-order valence-corrected chi connectivity index (χ3v) is 11.3. The van der Waals surface area contributed by atoms with Gasteiger partial charge in [-0.25, -0.2) is 4.57 Å². The number of aliphatic hydroxyl groups is 3. The fraction of sp³-hybridized carbons (Fsp3) is 0.731. The van der Waals surface area contributed by atoms with Crippen molar-refractivity contribution >= 4 is 19.8 Å². The van der Waals surface area contributed by atoms with Crippen molar-refractivity contribution in [3.8, 4) is 0 Å². The van der Waals surface area contributed by atoms with Crippen LogP contribution >= 0.6 is 7.82 Å². The number of hydrogen-bond donors (Lipinski definition) is 4. The zero-order chi connectivity index (χ0) is 47.2. The van der Waals surface area contributed by atoms with Gasteiger partial charge in [-0.3, -0.25) is 18.6 Å². The van der Waals surface area contributed by atoms with Crippen LogP contribution in [-0.4, -0.2) is 76.9 Å². The fourth-order valence-electron chi connectivity index (χ4n) is 6.58. The molecule has 0 aliphatic rings. The molecule has 0 saturated carbocycles. The van der Waals surface area contributed by atoms with E-state index in [-0.39, 0.29) is 19.4 Å². The van der Waals surface area contributed by atoms with E-state index < -0.39 is 57.9 Å². The fourth-order valence-corrected chi connectivity index (χ4v) is 7.37. The first-order valence-electron chi connectivity index (χ1n) is 24.9. The molecule has 370 valence electrons. The maximum atomic E-state index is 12.6. The predicted octanol–water partition coefficient (Wildman–Crippen LogP) is 12.8. The van der Waals surface area contributed by atoms with Crippen molar-refractivity contribution in [1.82, 2.24) is 0 Å². The van der Waals surface area contributed by atoms with E-state index in [2.05, 4.69) is 61.8 Å². The number of unbranched alkanes of at least 4 members (excludes halogenated alkanes) is 17. The standard InChI is InChI=1S/C52H91O11P/c1-4-5-6-7-8-9-10-17-21-24-27-30-34-39-48(54)40-35-32-37-42-52(57)63-50(46-62-64(58,59)61-44-49(55)43-53)45-60-51(56)41-36-31-28-25-22-19-16-14-12-11-13-15-18-20-23-26-29-33-38-47(2)3/h5-6,8-9,17,21,27,30,32,34-35,39,47-50,53-55H,4,7,10-16,18-20,22-26,28-29,31,33,36-38,40-46H2,1-3H3,(H,58,59)/b6-5-,9-8-,21-17-,30-27-,35-32-,39-34-/t48?,49-,50+/m0/s1. The van der Waals surface area contributed by atoms with Crippen LogP contribution in [0.5, 0.6) is 0 Å². The highest BCUT2D eigenvalue weighted by atomic mass is 31.2. The lowest BCUT2D eigenvalue weighted by molar-refractivity contribution is -0.161. The summed E-state index contributed by atoms with van der Waals surface area (Å²) in [6, 6.07) is 0. The van der Waals surface area contributed by atoms with Crippen LogP contribution in [0.3, 0.4) is 0 Å². The molecule has 0 amide bonds. The smallest absolute Gasteiger partial charge is 0.462 e.